The Morgan fingerprint density at radius 2 is 1.60 bits per heavy atom. The molecule has 0 unspecified atom stereocenters. The van der Waals surface area contributed by atoms with E-state index in [0.29, 0.717) is 18.1 Å². The highest BCUT2D eigenvalue weighted by Crippen LogP contribution is 2.21. The Bertz CT molecular complexity index is 1090. The lowest BCUT2D eigenvalue weighted by atomic mass is 10.1. The number of halogens is 2. The minimum absolute atomic E-state index is 0.214. The van der Waals surface area contributed by atoms with Gasteiger partial charge in [-0.05, 0) is 42.3 Å². The molecule has 1 N–H and O–H groups in total. The van der Waals surface area contributed by atoms with Crippen LogP contribution in [0.2, 0.25) is 5.02 Å². The Labute approximate surface area is 180 Å². The quantitative estimate of drug-likeness (QED) is 0.402. The Kier molecular flexibility index (Phi) is 6.52. The molecule has 3 aromatic carbocycles. The van der Waals surface area contributed by atoms with Gasteiger partial charge in [-0.25, -0.2) is 4.39 Å². The fraction of sp³-hybridized carbons (Fsp3) is 0.167. The van der Waals surface area contributed by atoms with Crippen molar-refractivity contribution in [1.82, 2.24) is 20.3 Å². The summed E-state index contributed by atoms with van der Waals surface area (Å²) in [5.74, 6) is -0.214. The van der Waals surface area contributed by atoms with E-state index in [1.807, 2.05) is 66.7 Å². The Morgan fingerprint density at radius 3 is 2.37 bits per heavy atom. The molecule has 1 aromatic heterocycles. The van der Waals surface area contributed by atoms with Gasteiger partial charge in [0.05, 0.1) is 6.54 Å². The highest BCUT2D eigenvalue weighted by atomic mass is 35.5. The average molecular weight is 421 g/mol. The van der Waals surface area contributed by atoms with Crippen molar-refractivity contribution >= 4 is 11.6 Å². The lowest BCUT2D eigenvalue weighted by molar-refractivity contribution is 0.577. The van der Waals surface area contributed by atoms with E-state index >= 15 is 0 Å². The van der Waals surface area contributed by atoms with Gasteiger partial charge in [0, 0.05) is 17.1 Å². The topological polar surface area (TPSA) is 42.7 Å². The van der Waals surface area contributed by atoms with Crippen molar-refractivity contribution in [3.05, 3.63) is 107 Å². The zero-order valence-electron chi connectivity index (χ0n) is 16.4. The first-order chi connectivity index (χ1) is 14.7. The first kappa shape index (κ1) is 20.3. The monoisotopic (exact) mass is 420 g/mol. The second-order valence-electron chi connectivity index (χ2n) is 7.04. The van der Waals surface area contributed by atoms with Gasteiger partial charge in [0.2, 0.25) is 0 Å². The van der Waals surface area contributed by atoms with Gasteiger partial charge in [-0.15, -0.1) is 0 Å². The summed E-state index contributed by atoms with van der Waals surface area (Å²) in [5.41, 5.74) is 4.83. The number of nitrogens with one attached hydrogen (secondary N) is 1. The van der Waals surface area contributed by atoms with Gasteiger partial charge in [-0.2, -0.15) is 15.0 Å². The van der Waals surface area contributed by atoms with Crippen LogP contribution < -0.4 is 5.32 Å². The van der Waals surface area contributed by atoms with Crippen LogP contribution in [0.3, 0.4) is 0 Å². The summed E-state index contributed by atoms with van der Waals surface area (Å²) in [7, 11) is 0. The predicted octanol–water partition coefficient (Wildman–Crippen LogP) is 5.12. The minimum atomic E-state index is -0.214. The fourth-order valence-corrected chi connectivity index (χ4v) is 3.46. The third-order valence-electron chi connectivity index (χ3n) is 4.84. The van der Waals surface area contributed by atoms with Crippen molar-refractivity contribution in [2.75, 3.05) is 6.54 Å². The Balaban J connectivity index is 1.48. The van der Waals surface area contributed by atoms with Gasteiger partial charge >= 0.3 is 0 Å². The molecule has 0 amide bonds. The molecule has 4 rings (SSSR count). The number of hydrogen-bond acceptors (Lipinski definition) is 3. The van der Waals surface area contributed by atoms with E-state index in [-0.39, 0.29) is 5.82 Å². The number of rotatable bonds is 8. The first-order valence-corrected chi connectivity index (χ1v) is 10.2. The Hall–Kier alpha value is -3.02. The number of hydrogen-bond donors (Lipinski definition) is 1. The summed E-state index contributed by atoms with van der Waals surface area (Å²) in [6, 6.07) is 24.4. The molecule has 0 fully saturated rings. The molecule has 152 valence electrons. The van der Waals surface area contributed by atoms with Crippen molar-refractivity contribution in [3.8, 4) is 11.3 Å². The van der Waals surface area contributed by atoms with Crippen LogP contribution in [-0.4, -0.2) is 21.5 Å². The average Bonchev–Trinajstić information content (AvgIpc) is 3.17. The maximum absolute atomic E-state index is 13.0. The van der Waals surface area contributed by atoms with Crippen molar-refractivity contribution < 1.29 is 4.39 Å². The molecule has 0 spiro atoms. The predicted molar refractivity (Wildman–Crippen MR) is 118 cm³/mol. The molecule has 0 aliphatic carbocycles. The first-order valence-electron chi connectivity index (χ1n) is 9.87. The molecule has 0 saturated carbocycles. The summed E-state index contributed by atoms with van der Waals surface area (Å²) >= 11 is 6.30. The maximum Gasteiger partial charge on any atom is 0.123 e. The smallest absolute Gasteiger partial charge is 0.123 e. The summed E-state index contributed by atoms with van der Waals surface area (Å²) in [6.45, 7) is 1.86. The zero-order valence-corrected chi connectivity index (χ0v) is 17.2. The van der Waals surface area contributed by atoms with Crippen molar-refractivity contribution in [1.29, 1.82) is 0 Å². The number of aromatic nitrogens is 3. The van der Waals surface area contributed by atoms with E-state index in [4.69, 9.17) is 21.8 Å². The van der Waals surface area contributed by atoms with Gasteiger partial charge in [-0.1, -0.05) is 72.3 Å². The molecule has 0 saturated heterocycles. The molecule has 1 heterocycles. The third-order valence-corrected chi connectivity index (χ3v) is 5.21. The van der Waals surface area contributed by atoms with Crippen LogP contribution in [0.5, 0.6) is 0 Å². The van der Waals surface area contributed by atoms with Crippen LogP contribution in [-0.2, 0) is 19.5 Å². The van der Waals surface area contributed by atoms with Crippen molar-refractivity contribution in [2.45, 2.75) is 19.5 Å². The van der Waals surface area contributed by atoms with E-state index in [0.717, 1.165) is 41.0 Å². The molecule has 0 bridgehead atoms. The highest BCUT2D eigenvalue weighted by molar-refractivity contribution is 6.31. The van der Waals surface area contributed by atoms with Crippen LogP contribution in [0, 0.1) is 5.82 Å². The lowest BCUT2D eigenvalue weighted by Crippen LogP contribution is -2.17. The van der Waals surface area contributed by atoms with Crippen molar-refractivity contribution in [2.24, 2.45) is 0 Å². The van der Waals surface area contributed by atoms with E-state index in [9.17, 15) is 4.39 Å². The molecular formula is C24H22ClFN4. The second kappa shape index (κ2) is 9.65. The molecular weight excluding hydrogens is 399 g/mol. The second-order valence-corrected chi connectivity index (χ2v) is 7.44. The molecule has 6 heteroatoms. The largest absolute Gasteiger partial charge is 0.311 e. The normalized spacial score (nSPS) is 11.0. The number of nitrogens with zero attached hydrogens (tertiary/aromatic N) is 3. The van der Waals surface area contributed by atoms with Crippen LogP contribution in [0.15, 0.2) is 78.9 Å². The highest BCUT2D eigenvalue weighted by Gasteiger charge is 2.14. The molecule has 0 atom stereocenters. The van der Waals surface area contributed by atoms with E-state index in [2.05, 4.69) is 5.32 Å². The zero-order chi connectivity index (χ0) is 20.8. The SMILES string of the molecule is Fc1ccc(CCNCc2nn(Cc3ccccc3Cl)nc2-c2ccccc2)cc1. The standard InChI is InChI=1S/C24H22ClFN4/c25-22-9-5-4-8-20(22)17-30-28-23(24(29-30)19-6-2-1-3-7-19)16-27-15-14-18-10-12-21(26)13-11-18/h1-13,27H,14-17H2. The van der Waals surface area contributed by atoms with Gasteiger partial charge < -0.3 is 5.32 Å². The molecule has 0 aliphatic heterocycles. The van der Waals surface area contributed by atoms with E-state index < -0.39 is 0 Å². The van der Waals surface area contributed by atoms with E-state index in [1.54, 1.807) is 4.80 Å². The summed E-state index contributed by atoms with van der Waals surface area (Å²) in [5, 5.41) is 13.6. The van der Waals surface area contributed by atoms with Gasteiger partial charge in [-0.3, -0.25) is 0 Å². The molecule has 0 radical (unpaired) electrons. The Morgan fingerprint density at radius 1 is 0.867 bits per heavy atom. The van der Waals surface area contributed by atoms with Crippen LogP contribution >= 0.6 is 11.6 Å². The molecule has 4 nitrogen and oxygen atoms in total. The summed E-state index contributed by atoms with van der Waals surface area (Å²) in [4.78, 5) is 1.69. The summed E-state index contributed by atoms with van der Waals surface area (Å²) in [6.07, 6.45) is 0.814. The molecule has 4 aromatic rings. The van der Waals surface area contributed by atoms with Crippen LogP contribution in [0.25, 0.3) is 11.3 Å². The maximum atomic E-state index is 13.0. The minimum Gasteiger partial charge on any atom is -0.311 e. The van der Waals surface area contributed by atoms with Gasteiger partial charge in [0.15, 0.2) is 0 Å². The van der Waals surface area contributed by atoms with Crippen LogP contribution in [0.1, 0.15) is 16.8 Å². The molecule has 30 heavy (non-hydrogen) atoms. The summed E-state index contributed by atoms with van der Waals surface area (Å²) < 4.78 is 13.0. The van der Waals surface area contributed by atoms with Gasteiger partial charge in [0.1, 0.15) is 17.2 Å². The molecule has 0 aliphatic rings. The van der Waals surface area contributed by atoms with Crippen molar-refractivity contribution in [3.63, 3.8) is 0 Å². The van der Waals surface area contributed by atoms with Gasteiger partial charge in [0.25, 0.3) is 0 Å². The lowest BCUT2D eigenvalue weighted by Gasteiger charge is -2.05. The fourth-order valence-electron chi connectivity index (χ4n) is 3.26. The van der Waals surface area contributed by atoms with Crippen LogP contribution in [0.4, 0.5) is 4.39 Å². The number of benzene rings is 3. The third kappa shape index (κ3) is 5.12. The van der Waals surface area contributed by atoms with E-state index in [1.165, 1.54) is 12.1 Å².